The van der Waals surface area contributed by atoms with E-state index in [0.717, 1.165) is 12.8 Å². The summed E-state index contributed by atoms with van der Waals surface area (Å²) < 4.78 is 0. The van der Waals surface area contributed by atoms with Crippen LogP contribution in [0.2, 0.25) is 0 Å². The molecule has 3 nitrogen and oxygen atoms in total. The van der Waals surface area contributed by atoms with Crippen molar-refractivity contribution in [1.29, 1.82) is 0 Å². The van der Waals surface area contributed by atoms with Crippen molar-refractivity contribution in [1.82, 2.24) is 5.32 Å². The van der Waals surface area contributed by atoms with Crippen molar-refractivity contribution >= 4 is 5.91 Å². The third-order valence-corrected chi connectivity index (χ3v) is 2.91. The topological polar surface area (TPSA) is 55.1 Å². The zero-order valence-corrected chi connectivity index (χ0v) is 9.25. The predicted molar refractivity (Wildman–Crippen MR) is 57.8 cm³/mol. The summed E-state index contributed by atoms with van der Waals surface area (Å²) in [6.45, 7) is 4.72. The summed E-state index contributed by atoms with van der Waals surface area (Å²) in [4.78, 5) is 11.5. The first-order valence-corrected chi connectivity index (χ1v) is 5.68. The molecule has 0 aromatic rings. The summed E-state index contributed by atoms with van der Waals surface area (Å²) in [7, 11) is 0. The fourth-order valence-electron chi connectivity index (χ4n) is 1.65. The molecule has 0 aliphatic heterocycles. The third-order valence-electron chi connectivity index (χ3n) is 2.91. The van der Waals surface area contributed by atoms with Crippen molar-refractivity contribution < 1.29 is 4.79 Å². The molecule has 1 aliphatic rings. The zero-order valence-electron chi connectivity index (χ0n) is 9.25. The molecule has 2 unspecified atom stereocenters. The number of nitrogens with one attached hydrogen (secondary N) is 1. The van der Waals surface area contributed by atoms with Gasteiger partial charge in [-0.1, -0.05) is 20.3 Å². The first kappa shape index (κ1) is 11.5. The number of rotatable bonds is 6. The van der Waals surface area contributed by atoms with E-state index >= 15 is 0 Å². The summed E-state index contributed by atoms with van der Waals surface area (Å²) >= 11 is 0. The molecule has 0 heterocycles. The summed E-state index contributed by atoms with van der Waals surface area (Å²) in [6, 6.07) is 0.174. The molecule has 1 rings (SSSR count). The first-order chi connectivity index (χ1) is 6.65. The minimum absolute atomic E-state index is 0.131. The van der Waals surface area contributed by atoms with Crippen LogP contribution in [0.3, 0.4) is 0 Å². The van der Waals surface area contributed by atoms with Crippen molar-refractivity contribution in [3.63, 3.8) is 0 Å². The van der Waals surface area contributed by atoms with Crippen LogP contribution in [-0.4, -0.2) is 18.5 Å². The largest absolute Gasteiger partial charge is 0.354 e. The average Bonchev–Trinajstić information content (AvgIpc) is 2.97. The van der Waals surface area contributed by atoms with Crippen LogP contribution in [0, 0.1) is 11.8 Å². The van der Waals surface area contributed by atoms with E-state index in [-0.39, 0.29) is 17.9 Å². The van der Waals surface area contributed by atoms with Gasteiger partial charge in [0.2, 0.25) is 5.91 Å². The highest BCUT2D eigenvalue weighted by Gasteiger charge is 2.28. The smallest absolute Gasteiger partial charge is 0.222 e. The van der Waals surface area contributed by atoms with E-state index in [4.69, 9.17) is 5.73 Å². The van der Waals surface area contributed by atoms with E-state index in [9.17, 15) is 4.79 Å². The predicted octanol–water partition coefficient (Wildman–Crippen LogP) is 1.28. The first-order valence-electron chi connectivity index (χ1n) is 5.68. The Labute approximate surface area is 86.4 Å². The minimum Gasteiger partial charge on any atom is -0.354 e. The van der Waals surface area contributed by atoms with Crippen molar-refractivity contribution in [2.45, 2.75) is 45.6 Å². The lowest BCUT2D eigenvalue weighted by Crippen LogP contribution is -2.40. The van der Waals surface area contributed by atoms with Gasteiger partial charge in [-0.05, 0) is 25.2 Å². The maximum absolute atomic E-state index is 11.5. The van der Waals surface area contributed by atoms with Crippen LogP contribution in [0.5, 0.6) is 0 Å². The van der Waals surface area contributed by atoms with Crippen molar-refractivity contribution in [3.8, 4) is 0 Å². The molecule has 3 heteroatoms. The van der Waals surface area contributed by atoms with Gasteiger partial charge in [0.1, 0.15) is 0 Å². The number of carbonyl (C=O) groups excluding carboxylic acids is 1. The van der Waals surface area contributed by atoms with Crippen molar-refractivity contribution in [2.75, 3.05) is 6.54 Å². The molecule has 0 radical (unpaired) electrons. The van der Waals surface area contributed by atoms with E-state index in [1.54, 1.807) is 0 Å². The second-order valence-electron chi connectivity index (χ2n) is 4.44. The van der Waals surface area contributed by atoms with Gasteiger partial charge in [0, 0.05) is 18.5 Å². The monoisotopic (exact) mass is 198 g/mol. The van der Waals surface area contributed by atoms with E-state index in [0.29, 0.717) is 12.5 Å². The van der Waals surface area contributed by atoms with Crippen LogP contribution in [0.25, 0.3) is 0 Å². The zero-order chi connectivity index (χ0) is 10.6. The van der Waals surface area contributed by atoms with E-state index in [1.165, 1.54) is 12.8 Å². The number of nitrogens with two attached hydrogens (primary N) is 1. The van der Waals surface area contributed by atoms with E-state index < -0.39 is 0 Å². The second-order valence-corrected chi connectivity index (χ2v) is 4.44. The summed E-state index contributed by atoms with van der Waals surface area (Å²) in [5.41, 5.74) is 5.89. The molecule has 0 aromatic carbocycles. The Bertz CT molecular complexity index is 190. The summed E-state index contributed by atoms with van der Waals surface area (Å²) in [5, 5.41) is 2.92. The van der Waals surface area contributed by atoms with Crippen molar-refractivity contribution in [3.05, 3.63) is 0 Å². The molecule has 0 aromatic heterocycles. The van der Waals surface area contributed by atoms with Gasteiger partial charge in [0.15, 0.2) is 0 Å². The molecule has 1 amide bonds. The minimum atomic E-state index is 0.131. The molecule has 0 spiro atoms. The Morgan fingerprint density at radius 2 is 2.21 bits per heavy atom. The van der Waals surface area contributed by atoms with Crippen LogP contribution in [0.15, 0.2) is 0 Å². The van der Waals surface area contributed by atoms with Crippen LogP contribution >= 0.6 is 0 Å². The number of hydrogen-bond donors (Lipinski definition) is 2. The van der Waals surface area contributed by atoms with Crippen LogP contribution in [0.4, 0.5) is 0 Å². The Morgan fingerprint density at radius 1 is 1.57 bits per heavy atom. The van der Waals surface area contributed by atoms with Crippen LogP contribution in [0.1, 0.15) is 39.5 Å². The lowest BCUT2D eigenvalue weighted by molar-refractivity contribution is -0.124. The maximum atomic E-state index is 11.5. The fourth-order valence-corrected chi connectivity index (χ4v) is 1.65. The van der Waals surface area contributed by atoms with Gasteiger partial charge in [-0.3, -0.25) is 4.79 Å². The molecule has 1 aliphatic carbocycles. The maximum Gasteiger partial charge on any atom is 0.222 e. The van der Waals surface area contributed by atoms with E-state index in [1.807, 2.05) is 6.92 Å². The van der Waals surface area contributed by atoms with Gasteiger partial charge in [0.05, 0.1) is 0 Å². The van der Waals surface area contributed by atoms with Gasteiger partial charge >= 0.3 is 0 Å². The molecule has 3 N–H and O–H groups in total. The van der Waals surface area contributed by atoms with E-state index in [2.05, 4.69) is 12.2 Å². The second kappa shape index (κ2) is 5.35. The summed E-state index contributed by atoms with van der Waals surface area (Å²) in [6.07, 6.45) is 4.50. The molecule has 0 bridgehead atoms. The third kappa shape index (κ3) is 3.66. The van der Waals surface area contributed by atoms with Gasteiger partial charge in [0.25, 0.3) is 0 Å². The molecular weight excluding hydrogens is 176 g/mol. The van der Waals surface area contributed by atoms with Gasteiger partial charge in [-0.15, -0.1) is 0 Å². The lowest BCUT2D eigenvalue weighted by atomic mass is 10.1. The van der Waals surface area contributed by atoms with Gasteiger partial charge in [-0.2, -0.15) is 0 Å². The van der Waals surface area contributed by atoms with Crippen LogP contribution in [-0.2, 0) is 4.79 Å². The molecule has 1 fully saturated rings. The summed E-state index contributed by atoms with van der Waals surface area (Å²) in [5.74, 6) is 0.950. The SMILES string of the molecule is CCCC(C)C(=O)NCC(N)C1CC1. The van der Waals surface area contributed by atoms with Gasteiger partial charge in [-0.25, -0.2) is 0 Å². The standard InChI is InChI=1S/C11H22N2O/c1-3-4-8(2)11(14)13-7-10(12)9-5-6-9/h8-10H,3-7,12H2,1-2H3,(H,13,14). The van der Waals surface area contributed by atoms with Gasteiger partial charge < -0.3 is 11.1 Å². The van der Waals surface area contributed by atoms with Crippen molar-refractivity contribution in [2.24, 2.45) is 17.6 Å². The fraction of sp³-hybridized carbons (Fsp3) is 0.909. The molecule has 0 saturated heterocycles. The molecule has 2 atom stereocenters. The molecule has 82 valence electrons. The number of carbonyl (C=O) groups is 1. The average molecular weight is 198 g/mol. The lowest BCUT2D eigenvalue weighted by Gasteiger charge is -2.14. The number of hydrogen-bond acceptors (Lipinski definition) is 2. The quantitative estimate of drug-likeness (QED) is 0.675. The molecule has 1 saturated carbocycles. The molecule has 14 heavy (non-hydrogen) atoms. The Hall–Kier alpha value is -0.570. The highest BCUT2D eigenvalue weighted by atomic mass is 16.1. The Balaban J connectivity index is 2.12. The highest BCUT2D eigenvalue weighted by molar-refractivity contribution is 5.78. The Morgan fingerprint density at radius 3 is 2.71 bits per heavy atom. The van der Waals surface area contributed by atoms with Crippen LogP contribution < -0.4 is 11.1 Å². The normalized spacial score (nSPS) is 20.2. The Kier molecular flexibility index (Phi) is 4.39. The molecular formula is C11H22N2O. The highest BCUT2D eigenvalue weighted by Crippen LogP contribution is 2.31. The number of amides is 1.